The van der Waals surface area contributed by atoms with Gasteiger partial charge in [-0.1, -0.05) is 17.7 Å². The molecule has 1 aliphatic heterocycles. The van der Waals surface area contributed by atoms with Crippen molar-refractivity contribution in [2.75, 3.05) is 13.1 Å². The number of hydrogen-bond donors (Lipinski definition) is 1. The van der Waals surface area contributed by atoms with Crippen molar-refractivity contribution in [3.63, 3.8) is 0 Å². The molecule has 130 valence electrons. The number of pyridine rings is 1. The number of halogens is 2. The molecule has 0 aliphatic carbocycles. The summed E-state index contributed by atoms with van der Waals surface area (Å²) in [6, 6.07) is 9.66. The second-order valence-corrected chi connectivity index (χ2v) is 7.41. The van der Waals surface area contributed by atoms with Crippen molar-refractivity contribution in [1.29, 1.82) is 0 Å². The normalized spacial score (nSPS) is 17.6. The molecule has 3 heterocycles. The fourth-order valence-corrected chi connectivity index (χ4v) is 3.92. The highest BCUT2D eigenvalue weighted by Gasteiger charge is 2.27. The van der Waals surface area contributed by atoms with Crippen LogP contribution in [0.4, 0.5) is 0 Å². The first kappa shape index (κ1) is 19.2. The van der Waals surface area contributed by atoms with Crippen LogP contribution in [-0.4, -0.2) is 34.9 Å². The van der Waals surface area contributed by atoms with E-state index in [0.29, 0.717) is 15.8 Å². The Balaban J connectivity index is 0.00000208. The molecular formula is C17H21Cl2N3OS. The van der Waals surface area contributed by atoms with Crippen LogP contribution in [0.15, 0.2) is 36.5 Å². The number of thiophene rings is 1. The van der Waals surface area contributed by atoms with Crippen LogP contribution in [0, 0.1) is 0 Å². The van der Waals surface area contributed by atoms with Crippen LogP contribution in [0.3, 0.4) is 0 Å². The molecule has 1 fully saturated rings. The molecule has 0 radical (unpaired) electrons. The van der Waals surface area contributed by atoms with Crippen LogP contribution < -0.4 is 5.32 Å². The van der Waals surface area contributed by atoms with E-state index in [9.17, 15) is 4.79 Å². The van der Waals surface area contributed by atoms with Gasteiger partial charge in [0.2, 0.25) is 0 Å². The average molecular weight is 386 g/mol. The largest absolute Gasteiger partial charge is 0.329 e. The van der Waals surface area contributed by atoms with Crippen LogP contribution >= 0.6 is 35.3 Å². The van der Waals surface area contributed by atoms with Crippen LogP contribution in [0.2, 0.25) is 4.34 Å². The molecule has 3 rings (SSSR count). The van der Waals surface area contributed by atoms with Crippen molar-refractivity contribution in [3.8, 4) is 0 Å². The number of nitrogens with zero attached hydrogens (tertiary/aromatic N) is 2. The summed E-state index contributed by atoms with van der Waals surface area (Å²) < 4.78 is 0.647. The van der Waals surface area contributed by atoms with Crippen molar-refractivity contribution in [3.05, 3.63) is 51.4 Å². The lowest BCUT2D eigenvalue weighted by Gasteiger charge is -2.30. The summed E-state index contributed by atoms with van der Waals surface area (Å²) in [6.45, 7) is 2.51. The molecule has 4 nitrogen and oxygen atoms in total. The molecule has 2 aromatic heterocycles. The molecule has 0 spiro atoms. The second kappa shape index (κ2) is 9.37. The summed E-state index contributed by atoms with van der Waals surface area (Å²) in [5, 5.41) is 3.41. The molecule has 0 aromatic carbocycles. The minimum absolute atomic E-state index is 0. The quantitative estimate of drug-likeness (QED) is 0.864. The molecule has 1 saturated heterocycles. The molecular weight excluding hydrogens is 365 g/mol. The SMILES string of the molecule is Cl.O=C(c1ccc(Cl)s1)N(Cc1ccccn1)C1CCCNCC1. The highest BCUT2D eigenvalue weighted by atomic mass is 35.5. The minimum Gasteiger partial charge on any atom is -0.329 e. The number of amides is 1. The van der Waals surface area contributed by atoms with Crippen molar-refractivity contribution in [1.82, 2.24) is 15.2 Å². The molecule has 1 N–H and O–H groups in total. The van der Waals surface area contributed by atoms with Gasteiger partial charge < -0.3 is 10.2 Å². The number of hydrogen-bond acceptors (Lipinski definition) is 4. The molecule has 1 unspecified atom stereocenters. The second-order valence-electron chi connectivity index (χ2n) is 5.69. The van der Waals surface area contributed by atoms with Gasteiger partial charge in [-0.3, -0.25) is 9.78 Å². The summed E-state index contributed by atoms with van der Waals surface area (Å²) in [5.41, 5.74) is 0.917. The Morgan fingerprint density at radius 2 is 2.17 bits per heavy atom. The summed E-state index contributed by atoms with van der Waals surface area (Å²) in [4.78, 5) is 20.1. The van der Waals surface area contributed by atoms with Gasteiger partial charge in [0, 0.05) is 12.2 Å². The van der Waals surface area contributed by atoms with Crippen LogP contribution in [0.5, 0.6) is 0 Å². The topological polar surface area (TPSA) is 45.2 Å². The van der Waals surface area contributed by atoms with Crippen molar-refractivity contribution in [2.45, 2.75) is 31.8 Å². The lowest BCUT2D eigenvalue weighted by molar-refractivity contribution is 0.0647. The highest BCUT2D eigenvalue weighted by Crippen LogP contribution is 2.26. The maximum absolute atomic E-state index is 13.0. The molecule has 2 aromatic rings. The minimum atomic E-state index is 0. The third-order valence-electron chi connectivity index (χ3n) is 4.09. The zero-order valence-corrected chi connectivity index (χ0v) is 15.7. The van der Waals surface area contributed by atoms with Gasteiger partial charge in [-0.2, -0.15) is 0 Å². The predicted molar refractivity (Wildman–Crippen MR) is 101 cm³/mol. The molecule has 1 amide bonds. The van der Waals surface area contributed by atoms with E-state index in [1.54, 1.807) is 12.3 Å². The van der Waals surface area contributed by atoms with Gasteiger partial charge in [-0.25, -0.2) is 0 Å². The van der Waals surface area contributed by atoms with E-state index in [1.165, 1.54) is 11.3 Å². The first-order valence-corrected chi connectivity index (χ1v) is 9.10. The number of nitrogens with one attached hydrogen (secondary N) is 1. The molecule has 1 atom stereocenters. The van der Waals surface area contributed by atoms with Gasteiger partial charge in [0.15, 0.2) is 0 Å². The molecule has 24 heavy (non-hydrogen) atoms. The van der Waals surface area contributed by atoms with Crippen LogP contribution in [0.25, 0.3) is 0 Å². The zero-order valence-electron chi connectivity index (χ0n) is 13.3. The fraction of sp³-hybridized carbons (Fsp3) is 0.412. The van der Waals surface area contributed by atoms with Crippen LogP contribution in [-0.2, 0) is 6.54 Å². The van der Waals surface area contributed by atoms with Crippen molar-refractivity contribution in [2.24, 2.45) is 0 Å². The maximum Gasteiger partial charge on any atom is 0.264 e. The monoisotopic (exact) mass is 385 g/mol. The predicted octanol–water partition coefficient (Wildman–Crippen LogP) is 4.00. The Kier molecular flexibility index (Phi) is 7.49. The number of aromatic nitrogens is 1. The van der Waals surface area contributed by atoms with E-state index in [1.807, 2.05) is 29.2 Å². The number of carbonyl (C=O) groups is 1. The fourth-order valence-electron chi connectivity index (χ4n) is 2.92. The van der Waals surface area contributed by atoms with E-state index in [2.05, 4.69) is 10.3 Å². The summed E-state index contributed by atoms with van der Waals surface area (Å²) in [7, 11) is 0. The third-order valence-corrected chi connectivity index (χ3v) is 5.31. The first-order valence-electron chi connectivity index (χ1n) is 7.91. The van der Waals surface area contributed by atoms with Crippen molar-refractivity contribution >= 4 is 41.3 Å². The Bertz CT molecular complexity index is 642. The molecule has 1 aliphatic rings. The molecule has 0 saturated carbocycles. The number of carbonyl (C=O) groups excluding carboxylic acids is 1. The maximum atomic E-state index is 13.0. The summed E-state index contributed by atoms with van der Waals surface area (Å²) in [5.74, 6) is 0.0550. The van der Waals surface area contributed by atoms with E-state index < -0.39 is 0 Å². The van der Waals surface area contributed by atoms with E-state index >= 15 is 0 Å². The summed E-state index contributed by atoms with van der Waals surface area (Å²) >= 11 is 7.35. The molecule has 7 heteroatoms. The van der Waals surface area contributed by atoms with Gasteiger partial charge in [0.05, 0.1) is 21.5 Å². The van der Waals surface area contributed by atoms with Gasteiger partial charge in [0.25, 0.3) is 5.91 Å². The van der Waals surface area contributed by atoms with E-state index in [0.717, 1.165) is 38.0 Å². The van der Waals surface area contributed by atoms with Crippen molar-refractivity contribution < 1.29 is 4.79 Å². The smallest absolute Gasteiger partial charge is 0.264 e. The van der Waals surface area contributed by atoms with Gasteiger partial charge >= 0.3 is 0 Å². The lowest BCUT2D eigenvalue weighted by atomic mass is 10.1. The Morgan fingerprint density at radius 3 is 2.88 bits per heavy atom. The summed E-state index contributed by atoms with van der Waals surface area (Å²) in [6.07, 6.45) is 4.85. The standard InChI is InChI=1S/C17H20ClN3OS.ClH/c18-16-7-6-15(23-16)17(22)21(12-13-4-1-2-10-20-13)14-5-3-9-19-11-8-14;/h1-2,4,6-7,10,14,19H,3,5,8-9,11-12H2;1H. The van der Waals surface area contributed by atoms with Gasteiger partial charge in [-0.15, -0.1) is 23.7 Å². The Labute approximate surface area is 157 Å². The Morgan fingerprint density at radius 1 is 1.29 bits per heavy atom. The van der Waals surface area contributed by atoms with Crippen LogP contribution in [0.1, 0.15) is 34.6 Å². The highest BCUT2D eigenvalue weighted by molar-refractivity contribution is 7.17. The zero-order chi connectivity index (χ0) is 16.1. The van der Waals surface area contributed by atoms with E-state index in [4.69, 9.17) is 11.6 Å². The number of rotatable bonds is 4. The van der Waals surface area contributed by atoms with Gasteiger partial charge in [-0.05, 0) is 56.6 Å². The molecule has 0 bridgehead atoms. The lowest BCUT2D eigenvalue weighted by Crippen LogP contribution is -2.40. The Hall–Kier alpha value is -1.14. The first-order chi connectivity index (χ1) is 11.2. The third kappa shape index (κ3) is 4.93. The van der Waals surface area contributed by atoms with E-state index in [-0.39, 0.29) is 24.4 Å². The average Bonchev–Trinajstić information content (AvgIpc) is 2.84. The van der Waals surface area contributed by atoms with Gasteiger partial charge in [0.1, 0.15) is 0 Å².